The van der Waals surface area contributed by atoms with Crippen LogP contribution in [-0.4, -0.2) is 34.1 Å². The van der Waals surface area contributed by atoms with E-state index in [1.165, 1.54) is 14.2 Å². The van der Waals surface area contributed by atoms with Gasteiger partial charge in [-0.25, -0.2) is 0 Å². The summed E-state index contributed by atoms with van der Waals surface area (Å²) in [6.07, 6.45) is 3.52. The van der Waals surface area contributed by atoms with Crippen molar-refractivity contribution in [3.05, 3.63) is 69.6 Å². The predicted octanol–water partition coefficient (Wildman–Crippen LogP) is 5.55. The second kappa shape index (κ2) is 10.00. The van der Waals surface area contributed by atoms with Crippen molar-refractivity contribution in [2.45, 2.75) is 13.1 Å². The van der Waals surface area contributed by atoms with Crippen molar-refractivity contribution >= 4 is 52.7 Å². The maximum absolute atomic E-state index is 13.1. The van der Waals surface area contributed by atoms with Crippen LogP contribution in [0.15, 0.2) is 49.2 Å². The zero-order chi connectivity index (χ0) is 22.5. The summed E-state index contributed by atoms with van der Waals surface area (Å²) >= 11 is 17.8. The lowest BCUT2D eigenvalue weighted by atomic mass is 10.1. The molecule has 0 aliphatic heterocycles. The van der Waals surface area contributed by atoms with Crippen LogP contribution >= 0.6 is 35.4 Å². The molecule has 0 aliphatic rings. The highest BCUT2D eigenvalue weighted by Gasteiger charge is 2.18. The van der Waals surface area contributed by atoms with Crippen LogP contribution in [0.25, 0.3) is 0 Å². The lowest BCUT2D eigenvalue weighted by Gasteiger charge is -2.12. The number of allylic oxidation sites excluding steroid dienone is 1. The quantitative estimate of drug-likeness (QED) is 0.247. The number of anilines is 2. The minimum absolute atomic E-state index is 0.0377. The van der Waals surface area contributed by atoms with E-state index in [-0.39, 0.29) is 18.2 Å². The summed E-state index contributed by atoms with van der Waals surface area (Å²) in [4.78, 5) is 17.3. The Morgan fingerprint density at radius 2 is 1.94 bits per heavy atom. The molecule has 2 aromatic heterocycles. The van der Waals surface area contributed by atoms with E-state index < -0.39 is 0 Å². The molecule has 3 rings (SSSR count). The molecule has 0 aliphatic carbocycles. The number of ether oxygens (including phenoxy) is 2. The average molecular weight is 479 g/mol. The van der Waals surface area contributed by atoms with Crippen LogP contribution in [0.1, 0.15) is 10.4 Å². The first-order valence-corrected chi connectivity index (χ1v) is 10.3. The number of carbonyl (C=O) groups is 1. The fourth-order valence-corrected chi connectivity index (χ4v) is 3.78. The summed E-state index contributed by atoms with van der Waals surface area (Å²) < 4.78 is 14.3. The molecule has 0 saturated carbocycles. The molecule has 2 heterocycles. The highest BCUT2D eigenvalue weighted by Crippen LogP contribution is 2.27. The van der Waals surface area contributed by atoms with Gasteiger partial charge in [-0.3, -0.25) is 9.36 Å². The number of methoxy groups -OCH3 is 2. The van der Waals surface area contributed by atoms with E-state index in [0.717, 1.165) is 0 Å². The molecule has 162 valence electrons. The normalized spacial score (nSPS) is 10.6. The Morgan fingerprint density at radius 3 is 2.55 bits per heavy atom. The molecule has 0 spiro atoms. The zero-order valence-electron chi connectivity index (χ0n) is 16.9. The van der Waals surface area contributed by atoms with E-state index in [4.69, 9.17) is 44.9 Å². The van der Waals surface area contributed by atoms with Crippen LogP contribution in [0, 0.1) is 4.77 Å². The van der Waals surface area contributed by atoms with Gasteiger partial charge >= 0.3 is 0 Å². The third kappa shape index (κ3) is 5.28. The number of halogens is 2. The van der Waals surface area contributed by atoms with E-state index in [1.807, 2.05) is 0 Å². The highest BCUT2D eigenvalue weighted by molar-refractivity contribution is 7.71. The number of nitrogens with zero attached hydrogens (tertiary/aromatic N) is 3. The molecule has 0 radical (unpaired) electrons. The lowest BCUT2D eigenvalue weighted by molar-refractivity contribution is 0.0968. The number of pyridine rings is 1. The SMILES string of the molecule is C=CCn1cc(Nc2cc(Cl)cc(Cl)c2)n(CC(=O)c2ccc(OC)nc2OC)c1=S. The number of nitrogens with one attached hydrogen (secondary N) is 1. The Labute approximate surface area is 194 Å². The van der Waals surface area contributed by atoms with Gasteiger partial charge in [-0.05, 0) is 36.5 Å². The van der Waals surface area contributed by atoms with Gasteiger partial charge < -0.3 is 19.4 Å². The zero-order valence-corrected chi connectivity index (χ0v) is 19.2. The number of hydrogen-bond acceptors (Lipinski definition) is 6. The summed E-state index contributed by atoms with van der Waals surface area (Å²) in [5, 5.41) is 4.20. The highest BCUT2D eigenvalue weighted by atomic mass is 35.5. The van der Waals surface area contributed by atoms with Crippen molar-refractivity contribution in [2.75, 3.05) is 19.5 Å². The van der Waals surface area contributed by atoms with Gasteiger partial charge in [-0.15, -0.1) is 6.58 Å². The first-order chi connectivity index (χ1) is 14.9. The van der Waals surface area contributed by atoms with Crippen LogP contribution in [0.2, 0.25) is 10.0 Å². The van der Waals surface area contributed by atoms with Gasteiger partial charge in [0.2, 0.25) is 11.8 Å². The largest absolute Gasteiger partial charge is 0.481 e. The molecule has 0 fully saturated rings. The molecule has 7 nitrogen and oxygen atoms in total. The van der Waals surface area contributed by atoms with Crippen molar-refractivity contribution in [2.24, 2.45) is 0 Å². The van der Waals surface area contributed by atoms with Crippen LogP contribution in [0.3, 0.4) is 0 Å². The fraction of sp³-hybridized carbons (Fsp3) is 0.190. The van der Waals surface area contributed by atoms with Crippen molar-refractivity contribution in [1.82, 2.24) is 14.1 Å². The Hall–Kier alpha value is -2.81. The van der Waals surface area contributed by atoms with E-state index >= 15 is 0 Å². The molecule has 0 amide bonds. The Balaban J connectivity index is 1.99. The molecule has 10 heteroatoms. The fourth-order valence-electron chi connectivity index (χ4n) is 2.96. The Morgan fingerprint density at radius 1 is 1.23 bits per heavy atom. The summed E-state index contributed by atoms with van der Waals surface area (Å²) in [7, 11) is 2.94. The maximum atomic E-state index is 13.1. The number of benzene rings is 1. The van der Waals surface area contributed by atoms with Gasteiger partial charge in [-0.2, -0.15) is 4.98 Å². The molecule has 3 aromatic rings. The smallest absolute Gasteiger partial charge is 0.227 e. The molecule has 31 heavy (non-hydrogen) atoms. The predicted molar refractivity (Wildman–Crippen MR) is 125 cm³/mol. The monoisotopic (exact) mass is 478 g/mol. The molecule has 0 bridgehead atoms. The minimum Gasteiger partial charge on any atom is -0.481 e. The topological polar surface area (TPSA) is 70.3 Å². The van der Waals surface area contributed by atoms with Gasteiger partial charge in [0.05, 0.1) is 26.3 Å². The third-order valence-electron chi connectivity index (χ3n) is 4.35. The third-order valence-corrected chi connectivity index (χ3v) is 5.24. The second-order valence-electron chi connectivity index (χ2n) is 6.44. The van der Waals surface area contributed by atoms with Gasteiger partial charge in [-0.1, -0.05) is 29.3 Å². The molecule has 0 atom stereocenters. The Kier molecular flexibility index (Phi) is 7.37. The number of imidazole rings is 1. The summed E-state index contributed by atoms with van der Waals surface area (Å²) in [5.74, 6) is 0.894. The van der Waals surface area contributed by atoms with E-state index in [1.54, 1.807) is 51.7 Å². The van der Waals surface area contributed by atoms with Crippen LogP contribution in [0.5, 0.6) is 11.8 Å². The number of rotatable bonds is 9. The van der Waals surface area contributed by atoms with E-state index in [9.17, 15) is 4.79 Å². The molecule has 1 N–H and O–H groups in total. The Bertz CT molecular complexity index is 1170. The maximum Gasteiger partial charge on any atom is 0.227 e. The molecule has 0 saturated heterocycles. The second-order valence-corrected chi connectivity index (χ2v) is 7.68. The molecule has 0 unspecified atom stereocenters. The van der Waals surface area contributed by atoms with Crippen molar-refractivity contribution in [1.29, 1.82) is 0 Å². The van der Waals surface area contributed by atoms with Crippen molar-refractivity contribution < 1.29 is 14.3 Å². The number of ketones is 1. The number of carbonyl (C=O) groups excluding carboxylic acids is 1. The van der Waals surface area contributed by atoms with E-state index in [0.29, 0.717) is 44.3 Å². The van der Waals surface area contributed by atoms with Crippen molar-refractivity contribution in [3.63, 3.8) is 0 Å². The first kappa shape index (κ1) is 22.9. The first-order valence-electron chi connectivity index (χ1n) is 9.12. The average Bonchev–Trinajstić information content (AvgIpc) is 3.01. The summed E-state index contributed by atoms with van der Waals surface area (Å²) in [6, 6.07) is 8.30. The summed E-state index contributed by atoms with van der Waals surface area (Å²) in [6.45, 7) is 4.20. The van der Waals surface area contributed by atoms with Crippen LogP contribution in [-0.2, 0) is 13.1 Å². The minimum atomic E-state index is -0.230. The number of hydrogen-bond donors (Lipinski definition) is 1. The van der Waals surface area contributed by atoms with Gasteiger partial charge in [0, 0.05) is 34.5 Å². The van der Waals surface area contributed by atoms with Crippen LogP contribution < -0.4 is 14.8 Å². The van der Waals surface area contributed by atoms with Gasteiger partial charge in [0.25, 0.3) is 0 Å². The standard InChI is InChI=1S/C21H20Cl2N4O3S/c1-4-7-26-12-18(24-15-9-13(22)8-14(23)10-15)27(21(26)31)11-17(28)16-5-6-19(29-2)25-20(16)30-3/h4-6,8-10,12,24H,1,7,11H2,2-3H3. The number of Topliss-reactive ketones (excluding diaryl/α,β-unsaturated/α-hetero) is 1. The molecule has 1 aromatic carbocycles. The lowest BCUT2D eigenvalue weighted by Crippen LogP contribution is -2.14. The van der Waals surface area contributed by atoms with Crippen molar-refractivity contribution in [3.8, 4) is 11.8 Å². The molecular formula is C21H20Cl2N4O3S. The molecular weight excluding hydrogens is 459 g/mol. The van der Waals surface area contributed by atoms with Gasteiger partial charge in [0.15, 0.2) is 10.6 Å². The van der Waals surface area contributed by atoms with E-state index in [2.05, 4.69) is 16.9 Å². The summed E-state index contributed by atoms with van der Waals surface area (Å²) in [5.41, 5.74) is 0.978. The van der Waals surface area contributed by atoms with Crippen LogP contribution in [0.4, 0.5) is 11.5 Å². The van der Waals surface area contributed by atoms with Gasteiger partial charge in [0.1, 0.15) is 5.82 Å². The number of aromatic nitrogens is 3.